The van der Waals surface area contributed by atoms with Gasteiger partial charge in [-0.15, -0.1) is 11.6 Å². The fraction of sp³-hybridized carbons (Fsp3) is 0.636. The zero-order chi connectivity index (χ0) is 11.8. The number of hydrogen-bond acceptors (Lipinski definition) is 3. The van der Waals surface area contributed by atoms with Crippen LogP contribution in [0.15, 0.2) is 11.8 Å². The van der Waals surface area contributed by atoms with Crippen LogP contribution in [-0.2, 0) is 4.79 Å². The average Bonchev–Trinajstić information content (AvgIpc) is 2.35. The highest BCUT2D eigenvalue weighted by molar-refractivity contribution is 6.18. The fourth-order valence-electron chi connectivity index (χ4n) is 1.64. The van der Waals surface area contributed by atoms with Crippen LogP contribution in [0.25, 0.3) is 0 Å². The highest BCUT2D eigenvalue weighted by Gasteiger charge is 2.19. The molecule has 1 amide bonds. The van der Waals surface area contributed by atoms with Crippen molar-refractivity contribution in [3.8, 4) is 6.07 Å². The Morgan fingerprint density at radius 3 is 2.69 bits per heavy atom. The van der Waals surface area contributed by atoms with Gasteiger partial charge in [-0.3, -0.25) is 4.79 Å². The molecule has 0 atom stereocenters. The van der Waals surface area contributed by atoms with E-state index in [1.54, 1.807) is 4.90 Å². The maximum absolute atomic E-state index is 11.9. The number of nitrogens with zero attached hydrogens (tertiary/aromatic N) is 2. The molecule has 1 N–H and O–H groups in total. The van der Waals surface area contributed by atoms with Gasteiger partial charge in [0.25, 0.3) is 5.91 Å². The van der Waals surface area contributed by atoms with E-state index in [9.17, 15) is 4.79 Å². The summed E-state index contributed by atoms with van der Waals surface area (Å²) in [5.41, 5.74) is 0.159. The number of amides is 1. The quantitative estimate of drug-likeness (QED) is 0.349. The number of carbonyl (C=O) groups is 1. The van der Waals surface area contributed by atoms with Crippen molar-refractivity contribution in [1.82, 2.24) is 10.2 Å². The first-order valence-corrected chi connectivity index (χ1v) is 6.02. The van der Waals surface area contributed by atoms with Gasteiger partial charge in [-0.2, -0.15) is 5.26 Å². The molecule has 1 fully saturated rings. The van der Waals surface area contributed by atoms with Crippen LogP contribution in [0.5, 0.6) is 0 Å². The summed E-state index contributed by atoms with van der Waals surface area (Å²) in [6.45, 7) is 2.07. The molecule has 1 saturated heterocycles. The Hall–Kier alpha value is -1.21. The Morgan fingerprint density at radius 2 is 2.12 bits per heavy atom. The number of rotatable bonds is 4. The highest BCUT2D eigenvalue weighted by Crippen LogP contribution is 2.11. The third-order valence-corrected chi connectivity index (χ3v) is 2.67. The van der Waals surface area contributed by atoms with Gasteiger partial charge in [-0.05, 0) is 19.3 Å². The summed E-state index contributed by atoms with van der Waals surface area (Å²) in [7, 11) is 0. The van der Waals surface area contributed by atoms with Gasteiger partial charge >= 0.3 is 0 Å². The lowest BCUT2D eigenvalue weighted by Crippen LogP contribution is -2.36. The second-order valence-corrected chi connectivity index (χ2v) is 4.04. The van der Waals surface area contributed by atoms with E-state index >= 15 is 0 Å². The normalized spacial score (nSPS) is 16.8. The molecule has 88 valence electrons. The van der Waals surface area contributed by atoms with Crippen molar-refractivity contribution in [3.05, 3.63) is 11.8 Å². The molecule has 0 saturated carbocycles. The molecule has 0 spiro atoms. The molecule has 16 heavy (non-hydrogen) atoms. The number of nitrogens with one attached hydrogen (secondary N) is 1. The summed E-state index contributed by atoms with van der Waals surface area (Å²) in [5.74, 6) is 0.275. The zero-order valence-corrected chi connectivity index (χ0v) is 9.96. The topological polar surface area (TPSA) is 56.1 Å². The lowest BCUT2D eigenvalue weighted by atomic mass is 10.1. The third kappa shape index (κ3) is 3.74. The molecule has 1 aliphatic heterocycles. The first kappa shape index (κ1) is 12.9. The number of likely N-dealkylation sites (tertiary alicyclic amines) is 1. The maximum atomic E-state index is 11.9. The minimum Gasteiger partial charge on any atom is -0.388 e. The SMILES string of the molecule is N#C/C(=C/NCCCl)C(=O)N1CCCCC1. The van der Waals surface area contributed by atoms with Crippen LogP contribution in [0.4, 0.5) is 0 Å². The molecule has 0 aliphatic carbocycles. The van der Waals surface area contributed by atoms with Gasteiger partial charge in [0.05, 0.1) is 0 Å². The van der Waals surface area contributed by atoms with E-state index in [-0.39, 0.29) is 11.5 Å². The Balaban J connectivity index is 2.54. The molecule has 0 bridgehead atoms. The van der Waals surface area contributed by atoms with Crippen LogP contribution in [0, 0.1) is 11.3 Å². The van der Waals surface area contributed by atoms with E-state index in [0.717, 1.165) is 25.9 Å². The zero-order valence-electron chi connectivity index (χ0n) is 9.21. The first-order chi connectivity index (χ1) is 7.79. The van der Waals surface area contributed by atoms with Crippen LogP contribution in [0.3, 0.4) is 0 Å². The summed E-state index contributed by atoms with van der Waals surface area (Å²) in [5, 5.41) is 11.7. The molecule has 0 aromatic rings. The molecule has 0 aromatic carbocycles. The van der Waals surface area contributed by atoms with E-state index in [1.165, 1.54) is 12.6 Å². The van der Waals surface area contributed by atoms with Gasteiger partial charge in [0.2, 0.25) is 0 Å². The molecule has 0 radical (unpaired) electrons. The number of carbonyl (C=O) groups excluding carboxylic acids is 1. The van der Waals surface area contributed by atoms with E-state index in [4.69, 9.17) is 16.9 Å². The largest absolute Gasteiger partial charge is 0.388 e. The molecule has 1 aliphatic rings. The number of nitriles is 1. The first-order valence-electron chi connectivity index (χ1n) is 5.48. The Kier molecular flexibility index (Phi) is 5.73. The number of piperidine rings is 1. The smallest absolute Gasteiger partial charge is 0.265 e. The standard InChI is InChI=1S/C11H16ClN3O/c12-4-5-14-9-10(8-13)11(16)15-6-2-1-3-7-15/h9,14H,1-7H2/b10-9-. The van der Waals surface area contributed by atoms with Crippen LogP contribution in [0.2, 0.25) is 0 Å². The minimum atomic E-state index is -0.177. The number of alkyl halides is 1. The summed E-state index contributed by atoms with van der Waals surface area (Å²) in [6.07, 6.45) is 4.68. The van der Waals surface area contributed by atoms with Crippen molar-refractivity contribution in [3.63, 3.8) is 0 Å². The van der Waals surface area contributed by atoms with Gasteiger partial charge in [-0.1, -0.05) is 0 Å². The Bertz CT molecular complexity index is 303. The molecule has 1 rings (SSSR count). The predicted octanol–water partition coefficient (Wildman–Crippen LogP) is 1.23. The maximum Gasteiger partial charge on any atom is 0.265 e. The van der Waals surface area contributed by atoms with E-state index in [0.29, 0.717) is 12.4 Å². The lowest BCUT2D eigenvalue weighted by molar-refractivity contribution is -0.127. The Morgan fingerprint density at radius 1 is 1.44 bits per heavy atom. The fourth-order valence-corrected chi connectivity index (χ4v) is 1.75. The van der Waals surface area contributed by atoms with Crippen molar-refractivity contribution in [1.29, 1.82) is 5.26 Å². The van der Waals surface area contributed by atoms with Gasteiger partial charge < -0.3 is 10.2 Å². The molecular formula is C11H16ClN3O. The second-order valence-electron chi connectivity index (χ2n) is 3.67. The molecule has 4 nitrogen and oxygen atoms in total. The predicted molar refractivity (Wildman–Crippen MR) is 62.8 cm³/mol. The monoisotopic (exact) mass is 241 g/mol. The van der Waals surface area contributed by atoms with Crippen molar-refractivity contribution < 1.29 is 4.79 Å². The van der Waals surface area contributed by atoms with Gasteiger partial charge in [0, 0.05) is 31.7 Å². The van der Waals surface area contributed by atoms with Crippen LogP contribution in [0.1, 0.15) is 19.3 Å². The van der Waals surface area contributed by atoms with E-state index < -0.39 is 0 Å². The summed E-state index contributed by atoms with van der Waals surface area (Å²) in [6, 6.07) is 1.92. The highest BCUT2D eigenvalue weighted by atomic mass is 35.5. The minimum absolute atomic E-state index is 0.159. The molecule has 5 heteroatoms. The van der Waals surface area contributed by atoms with E-state index in [1.807, 2.05) is 6.07 Å². The molecular weight excluding hydrogens is 226 g/mol. The summed E-state index contributed by atoms with van der Waals surface area (Å²) >= 11 is 5.49. The average molecular weight is 242 g/mol. The number of hydrogen-bond donors (Lipinski definition) is 1. The van der Waals surface area contributed by atoms with Crippen LogP contribution in [-0.4, -0.2) is 36.3 Å². The van der Waals surface area contributed by atoms with Gasteiger partial charge in [0.1, 0.15) is 11.6 Å². The summed E-state index contributed by atoms with van der Waals surface area (Å²) < 4.78 is 0. The Labute approximate surface area is 101 Å². The summed E-state index contributed by atoms with van der Waals surface area (Å²) in [4.78, 5) is 13.6. The van der Waals surface area contributed by atoms with Crippen LogP contribution >= 0.6 is 11.6 Å². The van der Waals surface area contributed by atoms with Gasteiger partial charge in [-0.25, -0.2) is 0 Å². The number of halogens is 1. The second kappa shape index (κ2) is 7.13. The van der Waals surface area contributed by atoms with Crippen LogP contribution < -0.4 is 5.32 Å². The van der Waals surface area contributed by atoms with Crippen molar-refractivity contribution in [2.75, 3.05) is 25.5 Å². The lowest BCUT2D eigenvalue weighted by Gasteiger charge is -2.26. The molecule has 1 heterocycles. The van der Waals surface area contributed by atoms with Crippen molar-refractivity contribution in [2.24, 2.45) is 0 Å². The molecule has 0 aromatic heterocycles. The molecule has 0 unspecified atom stereocenters. The van der Waals surface area contributed by atoms with Crippen molar-refractivity contribution >= 4 is 17.5 Å². The van der Waals surface area contributed by atoms with Crippen molar-refractivity contribution in [2.45, 2.75) is 19.3 Å². The van der Waals surface area contributed by atoms with E-state index in [2.05, 4.69) is 5.32 Å². The third-order valence-electron chi connectivity index (χ3n) is 2.48. The van der Waals surface area contributed by atoms with Gasteiger partial charge in [0.15, 0.2) is 0 Å².